The van der Waals surface area contributed by atoms with E-state index in [1.165, 1.54) is 77.1 Å². The Hall–Kier alpha value is -7.94. The summed E-state index contributed by atoms with van der Waals surface area (Å²) in [4.78, 5) is 2.39. The zero-order valence-corrected chi connectivity index (χ0v) is 33.9. The van der Waals surface area contributed by atoms with Gasteiger partial charge >= 0.3 is 0 Å². The van der Waals surface area contributed by atoms with Crippen LogP contribution in [-0.4, -0.2) is 4.57 Å². The highest BCUT2D eigenvalue weighted by molar-refractivity contribution is 6.12. The summed E-state index contributed by atoms with van der Waals surface area (Å²) < 4.78 is 2.52. The number of fused-ring (bicyclic) bond motifs is 4. The molecular weight excluding hydrogens is 737 g/mol. The molecule has 0 aliphatic carbocycles. The van der Waals surface area contributed by atoms with Gasteiger partial charge in [0.1, 0.15) is 0 Å². The van der Waals surface area contributed by atoms with Gasteiger partial charge in [-0.1, -0.05) is 200 Å². The molecule has 11 rings (SSSR count). The zero-order chi connectivity index (χ0) is 40.7. The van der Waals surface area contributed by atoms with Crippen molar-refractivity contribution in [2.45, 2.75) is 6.92 Å². The number of anilines is 3. The summed E-state index contributed by atoms with van der Waals surface area (Å²) in [6, 6.07) is 86.2. The highest BCUT2D eigenvalue weighted by atomic mass is 15.1. The minimum Gasteiger partial charge on any atom is -0.310 e. The van der Waals surface area contributed by atoms with Crippen LogP contribution in [-0.2, 0) is 0 Å². The molecule has 0 N–H and O–H groups in total. The number of benzene rings is 10. The first kappa shape index (κ1) is 36.2. The quantitative estimate of drug-likeness (QED) is 0.149. The Morgan fingerprint density at radius 1 is 0.311 bits per heavy atom. The fourth-order valence-corrected chi connectivity index (χ4v) is 9.08. The summed E-state index contributed by atoms with van der Waals surface area (Å²) >= 11 is 0. The molecule has 0 saturated carbocycles. The van der Waals surface area contributed by atoms with Gasteiger partial charge < -0.3 is 9.47 Å². The average Bonchev–Trinajstić information content (AvgIpc) is 3.66. The maximum atomic E-state index is 2.52. The minimum atomic E-state index is 1.08. The van der Waals surface area contributed by atoms with Gasteiger partial charge in [-0.2, -0.15) is 0 Å². The molecule has 2 nitrogen and oxygen atoms in total. The predicted molar refractivity (Wildman–Crippen MR) is 259 cm³/mol. The lowest BCUT2D eigenvalue weighted by Crippen LogP contribution is -2.10. The Bertz CT molecular complexity index is 3240. The van der Waals surface area contributed by atoms with E-state index in [1.54, 1.807) is 0 Å². The van der Waals surface area contributed by atoms with Crippen molar-refractivity contribution in [2.24, 2.45) is 0 Å². The third kappa shape index (κ3) is 6.56. The van der Waals surface area contributed by atoms with E-state index in [0.29, 0.717) is 0 Å². The normalized spacial score (nSPS) is 11.4. The van der Waals surface area contributed by atoms with Gasteiger partial charge in [-0.15, -0.1) is 0 Å². The Morgan fingerprint density at radius 2 is 0.787 bits per heavy atom. The Kier molecular flexibility index (Phi) is 9.09. The summed E-state index contributed by atoms with van der Waals surface area (Å²) in [6.45, 7) is 2.15. The number of aromatic nitrogens is 1. The van der Waals surface area contributed by atoms with Crippen LogP contribution >= 0.6 is 0 Å². The van der Waals surface area contributed by atoms with Gasteiger partial charge in [0.2, 0.25) is 0 Å². The summed E-state index contributed by atoms with van der Waals surface area (Å²) in [5, 5.41) is 4.89. The molecule has 1 heterocycles. The lowest BCUT2D eigenvalue weighted by molar-refractivity contribution is 1.18. The number of para-hydroxylation sites is 2. The van der Waals surface area contributed by atoms with Crippen molar-refractivity contribution >= 4 is 49.6 Å². The smallest absolute Gasteiger partial charge is 0.0619 e. The number of aryl methyl sites for hydroxylation is 1. The maximum Gasteiger partial charge on any atom is 0.0619 e. The van der Waals surface area contributed by atoms with E-state index in [9.17, 15) is 0 Å². The minimum absolute atomic E-state index is 1.08. The largest absolute Gasteiger partial charge is 0.310 e. The van der Waals surface area contributed by atoms with E-state index in [1.807, 2.05) is 0 Å². The second-order valence-corrected chi connectivity index (χ2v) is 15.8. The summed E-state index contributed by atoms with van der Waals surface area (Å²) in [5.74, 6) is 0. The van der Waals surface area contributed by atoms with Gasteiger partial charge in [-0.05, 0) is 93.5 Å². The fraction of sp³-hybridized carbons (Fsp3) is 0.0169. The Labute approximate surface area is 356 Å². The van der Waals surface area contributed by atoms with Gasteiger partial charge in [0.15, 0.2) is 0 Å². The van der Waals surface area contributed by atoms with Crippen molar-refractivity contribution in [3.8, 4) is 50.2 Å². The standard InChI is InChI=1S/C59H42N2/c1-41-26-28-47(29-27-41)52-22-13-24-56(53-23-12-19-46-18-8-9-20-51(46)53)59(52)61-57-25-11-10-21-54(57)55-39-38-50(40-58(55)61)60(48-34-30-44(31-35-48)42-14-4-2-5-15-42)49-36-32-45(33-37-49)43-16-6-3-7-17-43/h2-40H,1H3. The van der Waals surface area contributed by atoms with Crippen LogP contribution in [0.15, 0.2) is 237 Å². The molecule has 1 aromatic heterocycles. The molecule has 11 aromatic rings. The monoisotopic (exact) mass is 778 g/mol. The molecule has 2 heteroatoms. The molecule has 0 unspecified atom stereocenters. The van der Waals surface area contributed by atoms with Gasteiger partial charge in [0.05, 0.1) is 16.7 Å². The number of hydrogen-bond donors (Lipinski definition) is 0. The van der Waals surface area contributed by atoms with Crippen LogP contribution in [0.4, 0.5) is 17.1 Å². The average molecular weight is 779 g/mol. The SMILES string of the molecule is Cc1ccc(-c2cccc(-c3cccc4ccccc34)c2-n2c3ccccc3c3ccc(N(c4ccc(-c5ccccc5)cc4)c4ccc(-c5ccccc5)cc4)cc32)cc1. The second kappa shape index (κ2) is 15.3. The van der Waals surface area contributed by atoms with E-state index in [-0.39, 0.29) is 0 Å². The van der Waals surface area contributed by atoms with Crippen LogP contribution in [0.1, 0.15) is 5.56 Å². The molecule has 0 radical (unpaired) electrons. The van der Waals surface area contributed by atoms with Gasteiger partial charge in [-0.3, -0.25) is 0 Å². The number of hydrogen-bond acceptors (Lipinski definition) is 1. The molecule has 0 saturated heterocycles. The van der Waals surface area contributed by atoms with Crippen molar-refractivity contribution < 1.29 is 0 Å². The molecule has 0 aliphatic heterocycles. The molecule has 61 heavy (non-hydrogen) atoms. The molecule has 0 amide bonds. The number of nitrogens with zero attached hydrogens (tertiary/aromatic N) is 2. The van der Waals surface area contributed by atoms with Crippen LogP contribution in [0.25, 0.3) is 82.8 Å². The lowest BCUT2D eigenvalue weighted by Gasteiger charge is -2.26. The Morgan fingerprint density at radius 3 is 1.46 bits per heavy atom. The fourth-order valence-electron chi connectivity index (χ4n) is 9.08. The first-order valence-corrected chi connectivity index (χ1v) is 21.0. The van der Waals surface area contributed by atoms with Crippen molar-refractivity contribution in [3.63, 3.8) is 0 Å². The first-order chi connectivity index (χ1) is 30.2. The highest BCUT2D eigenvalue weighted by Crippen LogP contribution is 2.45. The van der Waals surface area contributed by atoms with E-state index in [0.717, 1.165) is 28.3 Å². The first-order valence-electron chi connectivity index (χ1n) is 21.0. The molecule has 0 atom stereocenters. The summed E-state index contributed by atoms with van der Waals surface area (Å²) in [6.07, 6.45) is 0. The summed E-state index contributed by atoms with van der Waals surface area (Å²) in [7, 11) is 0. The molecule has 0 spiro atoms. The molecule has 0 aliphatic rings. The predicted octanol–water partition coefficient (Wildman–Crippen LogP) is 16.4. The van der Waals surface area contributed by atoms with Crippen molar-refractivity contribution in [1.82, 2.24) is 4.57 Å². The van der Waals surface area contributed by atoms with Gasteiger partial charge in [0, 0.05) is 39.0 Å². The van der Waals surface area contributed by atoms with E-state index >= 15 is 0 Å². The third-order valence-electron chi connectivity index (χ3n) is 12.1. The van der Waals surface area contributed by atoms with Crippen LogP contribution in [0.3, 0.4) is 0 Å². The molecule has 0 bridgehead atoms. The van der Waals surface area contributed by atoms with Crippen LogP contribution in [0, 0.1) is 6.92 Å². The molecule has 0 fully saturated rings. The second-order valence-electron chi connectivity index (χ2n) is 15.8. The van der Waals surface area contributed by atoms with E-state index in [2.05, 4.69) is 253 Å². The molecular formula is C59H42N2. The van der Waals surface area contributed by atoms with Gasteiger partial charge in [0.25, 0.3) is 0 Å². The highest BCUT2D eigenvalue weighted by Gasteiger charge is 2.22. The summed E-state index contributed by atoms with van der Waals surface area (Å²) in [5.41, 5.74) is 17.5. The van der Waals surface area contributed by atoms with Crippen LogP contribution < -0.4 is 4.90 Å². The molecule has 10 aromatic carbocycles. The lowest BCUT2D eigenvalue weighted by atomic mass is 9.92. The van der Waals surface area contributed by atoms with Crippen molar-refractivity contribution in [1.29, 1.82) is 0 Å². The topological polar surface area (TPSA) is 8.17 Å². The third-order valence-corrected chi connectivity index (χ3v) is 12.1. The zero-order valence-electron chi connectivity index (χ0n) is 33.9. The van der Waals surface area contributed by atoms with E-state index < -0.39 is 0 Å². The van der Waals surface area contributed by atoms with Crippen LogP contribution in [0.2, 0.25) is 0 Å². The van der Waals surface area contributed by atoms with E-state index in [4.69, 9.17) is 0 Å². The van der Waals surface area contributed by atoms with Crippen molar-refractivity contribution in [2.75, 3.05) is 4.90 Å². The van der Waals surface area contributed by atoms with Crippen LogP contribution in [0.5, 0.6) is 0 Å². The van der Waals surface area contributed by atoms with Gasteiger partial charge in [-0.25, -0.2) is 0 Å². The molecule has 288 valence electrons. The Balaban J connectivity index is 1.17. The maximum absolute atomic E-state index is 2.52. The number of rotatable bonds is 8. The van der Waals surface area contributed by atoms with Crippen molar-refractivity contribution in [3.05, 3.63) is 242 Å².